The Morgan fingerprint density at radius 1 is 1.14 bits per heavy atom. The molecule has 9 heteroatoms. The summed E-state index contributed by atoms with van der Waals surface area (Å²) in [6, 6.07) is 6.61. The molecule has 1 saturated carbocycles. The third-order valence-corrected chi connectivity index (χ3v) is 4.80. The molecule has 0 bridgehead atoms. The number of ether oxygens (including phenoxy) is 1. The summed E-state index contributed by atoms with van der Waals surface area (Å²) in [6.45, 7) is -1.56. The van der Waals surface area contributed by atoms with Crippen molar-refractivity contribution in [2.24, 2.45) is 10.9 Å². The van der Waals surface area contributed by atoms with Crippen LogP contribution in [-0.4, -0.2) is 38.6 Å². The van der Waals surface area contributed by atoms with Gasteiger partial charge in [-0.3, -0.25) is 9.79 Å². The lowest BCUT2D eigenvalue weighted by atomic mass is 9.87. The van der Waals surface area contributed by atoms with E-state index in [1.54, 1.807) is 25.2 Å². The molecule has 0 aliphatic heterocycles. The molecule has 0 heterocycles. The second-order valence-electron chi connectivity index (χ2n) is 6.90. The Bertz CT molecular complexity index is 641. The normalized spacial score (nSPS) is 14.8. The first-order valence-electron chi connectivity index (χ1n) is 9.82. The number of halogens is 3. The molecule has 1 aliphatic rings. The number of carbonyl (C=O) groups excluding carboxylic acids is 1. The monoisotopic (exact) mass is 524 g/mol. The summed E-state index contributed by atoms with van der Waals surface area (Å²) >= 11 is 0. The maximum Gasteiger partial charge on any atom is 0.387 e. The van der Waals surface area contributed by atoms with Crippen LogP contribution in [0.1, 0.15) is 44.1 Å². The number of aliphatic imine (C=N–C) groups is 1. The maximum atomic E-state index is 12.5. The Hall–Kier alpha value is -1.65. The average Bonchev–Trinajstić information content (AvgIpc) is 2.69. The summed E-state index contributed by atoms with van der Waals surface area (Å²) in [5.74, 6) is 1.27. The van der Waals surface area contributed by atoms with Gasteiger partial charge in [0.25, 0.3) is 0 Å². The number of para-hydroxylation sites is 1. The second kappa shape index (κ2) is 14.4. The fourth-order valence-electron chi connectivity index (χ4n) is 3.37. The molecule has 1 aromatic rings. The van der Waals surface area contributed by atoms with Crippen molar-refractivity contribution in [3.63, 3.8) is 0 Å². The number of nitrogens with one attached hydrogen (secondary N) is 3. The first kappa shape index (κ1) is 25.4. The fraction of sp³-hybridized carbons (Fsp3) is 0.600. The van der Waals surface area contributed by atoms with Gasteiger partial charge in [-0.15, -0.1) is 24.0 Å². The second-order valence-corrected chi connectivity index (χ2v) is 6.90. The van der Waals surface area contributed by atoms with E-state index in [9.17, 15) is 13.6 Å². The number of alkyl halides is 2. The quantitative estimate of drug-likeness (QED) is 0.200. The van der Waals surface area contributed by atoms with Gasteiger partial charge in [-0.2, -0.15) is 8.78 Å². The van der Waals surface area contributed by atoms with Gasteiger partial charge in [0, 0.05) is 38.7 Å². The average molecular weight is 524 g/mol. The van der Waals surface area contributed by atoms with Gasteiger partial charge < -0.3 is 20.7 Å². The van der Waals surface area contributed by atoms with Crippen LogP contribution >= 0.6 is 24.0 Å². The number of guanidine groups is 1. The molecule has 2 rings (SSSR count). The van der Waals surface area contributed by atoms with Gasteiger partial charge in [0.1, 0.15) is 5.75 Å². The largest absolute Gasteiger partial charge is 0.434 e. The molecule has 0 spiro atoms. The van der Waals surface area contributed by atoms with Crippen molar-refractivity contribution >= 4 is 35.8 Å². The number of amides is 1. The van der Waals surface area contributed by atoms with E-state index in [0.717, 1.165) is 12.8 Å². The molecule has 0 unspecified atom stereocenters. The van der Waals surface area contributed by atoms with E-state index >= 15 is 0 Å². The molecule has 6 nitrogen and oxygen atoms in total. The smallest absolute Gasteiger partial charge is 0.387 e. The predicted octanol–water partition coefficient (Wildman–Crippen LogP) is 3.66. The molecule has 0 radical (unpaired) electrons. The molecular formula is C20H31F2IN4O2. The number of hydrogen-bond acceptors (Lipinski definition) is 3. The minimum atomic E-state index is -2.86. The van der Waals surface area contributed by atoms with Crippen molar-refractivity contribution in [1.29, 1.82) is 0 Å². The maximum absolute atomic E-state index is 12.5. The highest BCUT2D eigenvalue weighted by Gasteiger charge is 2.16. The Morgan fingerprint density at radius 2 is 1.83 bits per heavy atom. The molecule has 0 saturated heterocycles. The van der Waals surface area contributed by atoms with E-state index in [-0.39, 0.29) is 42.2 Å². The van der Waals surface area contributed by atoms with Crippen LogP contribution in [0.2, 0.25) is 0 Å². The van der Waals surface area contributed by atoms with Gasteiger partial charge in [0.05, 0.1) is 0 Å². The summed E-state index contributed by atoms with van der Waals surface area (Å²) in [5.41, 5.74) is 0.603. The van der Waals surface area contributed by atoms with Crippen molar-refractivity contribution in [2.45, 2.75) is 51.7 Å². The van der Waals surface area contributed by atoms with E-state index in [0.29, 0.717) is 37.0 Å². The first-order valence-corrected chi connectivity index (χ1v) is 9.82. The highest BCUT2D eigenvalue weighted by atomic mass is 127. The van der Waals surface area contributed by atoms with Crippen LogP contribution in [-0.2, 0) is 11.3 Å². The SMILES string of the molecule is CN=C(NCCNC(=O)CC1CCCCC1)NCc1ccccc1OC(F)F.I. The standard InChI is InChI=1S/C20H30F2N4O2.HI/c1-23-20(26-14-16-9-5-6-10-17(16)28-19(21)22)25-12-11-24-18(27)13-15-7-3-2-4-8-15;/h5-6,9-10,15,19H,2-4,7-8,11-14H2,1H3,(H,24,27)(H2,23,25,26);1H. The van der Waals surface area contributed by atoms with Gasteiger partial charge in [0.2, 0.25) is 5.91 Å². The summed E-state index contributed by atoms with van der Waals surface area (Å²) in [7, 11) is 1.62. The van der Waals surface area contributed by atoms with E-state index in [1.165, 1.54) is 25.3 Å². The lowest BCUT2D eigenvalue weighted by Crippen LogP contribution is -2.41. The van der Waals surface area contributed by atoms with Gasteiger partial charge >= 0.3 is 6.61 Å². The molecule has 1 aromatic carbocycles. The van der Waals surface area contributed by atoms with Crippen molar-refractivity contribution in [3.05, 3.63) is 29.8 Å². The van der Waals surface area contributed by atoms with Crippen LogP contribution in [0.3, 0.4) is 0 Å². The van der Waals surface area contributed by atoms with Gasteiger partial charge in [-0.1, -0.05) is 37.5 Å². The highest BCUT2D eigenvalue weighted by Crippen LogP contribution is 2.26. The minimum absolute atomic E-state index is 0. The first-order chi connectivity index (χ1) is 13.6. The highest BCUT2D eigenvalue weighted by molar-refractivity contribution is 14.0. The molecule has 3 N–H and O–H groups in total. The molecule has 0 atom stereocenters. The molecule has 0 aromatic heterocycles. The van der Waals surface area contributed by atoms with Crippen molar-refractivity contribution < 1.29 is 18.3 Å². The lowest BCUT2D eigenvalue weighted by molar-refractivity contribution is -0.122. The summed E-state index contributed by atoms with van der Waals surface area (Å²) in [6.07, 6.45) is 6.65. The van der Waals surface area contributed by atoms with E-state index in [2.05, 4.69) is 25.7 Å². The van der Waals surface area contributed by atoms with Gasteiger partial charge in [-0.25, -0.2) is 0 Å². The number of hydrogen-bond donors (Lipinski definition) is 3. The topological polar surface area (TPSA) is 74.8 Å². The zero-order chi connectivity index (χ0) is 20.2. The van der Waals surface area contributed by atoms with E-state index in [1.807, 2.05) is 0 Å². The third-order valence-electron chi connectivity index (χ3n) is 4.80. The van der Waals surface area contributed by atoms with Crippen LogP contribution in [0.5, 0.6) is 5.75 Å². The molecule has 29 heavy (non-hydrogen) atoms. The Balaban J connectivity index is 0.00000420. The van der Waals surface area contributed by atoms with Crippen LogP contribution in [0, 0.1) is 5.92 Å². The van der Waals surface area contributed by atoms with Crippen molar-refractivity contribution in [1.82, 2.24) is 16.0 Å². The Kier molecular flexibility index (Phi) is 12.6. The third kappa shape index (κ3) is 10.1. The predicted molar refractivity (Wildman–Crippen MR) is 121 cm³/mol. The number of nitrogens with zero attached hydrogens (tertiary/aromatic N) is 1. The Morgan fingerprint density at radius 3 is 2.52 bits per heavy atom. The van der Waals surface area contributed by atoms with Crippen molar-refractivity contribution in [2.75, 3.05) is 20.1 Å². The molecular weight excluding hydrogens is 493 g/mol. The molecule has 1 fully saturated rings. The lowest BCUT2D eigenvalue weighted by Gasteiger charge is -2.21. The molecule has 1 amide bonds. The van der Waals surface area contributed by atoms with Crippen molar-refractivity contribution in [3.8, 4) is 5.75 Å². The minimum Gasteiger partial charge on any atom is -0.434 e. The molecule has 164 valence electrons. The van der Waals surface area contributed by atoms with E-state index < -0.39 is 6.61 Å². The van der Waals surface area contributed by atoms with Crippen LogP contribution < -0.4 is 20.7 Å². The molecule has 1 aliphatic carbocycles. The number of benzene rings is 1. The Labute approximate surface area is 188 Å². The zero-order valence-electron chi connectivity index (χ0n) is 16.8. The van der Waals surface area contributed by atoms with Crippen LogP contribution in [0.4, 0.5) is 8.78 Å². The zero-order valence-corrected chi connectivity index (χ0v) is 19.1. The van der Waals surface area contributed by atoms with Gasteiger partial charge in [0.15, 0.2) is 5.96 Å². The van der Waals surface area contributed by atoms with E-state index in [4.69, 9.17) is 0 Å². The number of carbonyl (C=O) groups is 1. The number of rotatable bonds is 9. The fourth-order valence-corrected chi connectivity index (χ4v) is 3.37. The van der Waals surface area contributed by atoms with Crippen LogP contribution in [0.25, 0.3) is 0 Å². The van der Waals surface area contributed by atoms with Crippen LogP contribution in [0.15, 0.2) is 29.3 Å². The summed E-state index contributed by atoms with van der Waals surface area (Å²) in [4.78, 5) is 16.1. The summed E-state index contributed by atoms with van der Waals surface area (Å²) in [5, 5.41) is 9.07. The van der Waals surface area contributed by atoms with Gasteiger partial charge in [-0.05, 0) is 24.8 Å². The summed E-state index contributed by atoms with van der Waals surface area (Å²) < 4.78 is 29.5.